The van der Waals surface area contributed by atoms with E-state index in [0.29, 0.717) is 6.42 Å². The van der Waals surface area contributed by atoms with Crippen molar-refractivity contribution in [1.29, 1.82) is 0 Å². The quantitative estimate of drug-likeness (QED) is 0.568. The van der Waals surface area contributed by atoms with E-state index in [1.54, 1.807) is 0 Å². The lowest BCUT2D eigenvalue weighted by Gasteiger charge is -2.01. The molecule has 0 aromatic heterocycles. The molecule has 2 atom stereocenters. The summed E-state index contributed by atoms with van der Waals surface area (Å²) in [5.74, 6) is -0.126. The second kappa shape index (κ2) is 3.01. The highest BCUT2D eigenvalue weighted by atomic mass is 16.6. The van der Waals surface area contributed by atoms with Gasteiger partial charge >= 0.3 is 5.97 Å². The standard InChI is InChI=1S/C7H12O3/c1-2-5-3-6(4-8)10-7(5)9/h5-6,8H,2-4H2,1H3/t5-,6+/m0/s1. The number of aliphatic hydroxyl groups excluding tert-OH is 1. The Labute approximate surface area is 60.0 Å². The summed E-state index contributed by atoms with van der Waals surface area (Å²) in [5.41, 5.74) is 0. The third-order valence-electron chi connectivity index (χ3n) is 1.86. The number of cyclic esters (lactones) is 1. The summed E-state index contributed by atoms with van der Waals surface area (Å²) < 4.78 is 4.83. The number of hydrogen-bond acceptors (Lipinski definition) is 3. The molecule has 0 unspecified atom stereocenters. The van der Waals surface area contributed by atoms with Crippen LogP contribution in [0.1, 0.15) is 19.8 Å². The Kier molecular flexibility index (Phi) is 2.27. The monoisotopic (exact) mass is 144 g/mol. The summed E-state index contributed by atoms with van der Waals surface area (Å²) in [6, 6.07) is 0. The molecule has 1 aliphatic heterocycles. The molecule has 0 amide bonds. The van der Waals surface area contributed by atoms with Crippen LogP contribution in [0.2, 0.25) is 0 Å². The van der Waals surface area contributed by atoms with Crippen LogP contribution in [0.25, 0.3) is 0 Å². The molecule has 0 aliphatic carbocycles. The van der Waals surface area contributed by atoms with E-state index in [9.17, 15) is 4.79 Å². The van der Waals surface area contributed by atoms with Gasteiger partial charge in [0, 0.05) is 0 Å². The Morgan fingerprint density at radius 3 is 2.80 bits per heavy atom. The van der Waals surface area contributed by atoms with E-state index in [4.69, 9.17) is 9.84 Å². The third kappa shape index (κ3) is 1.29. The molecule has 1 saturated heterocycles. The minimum atomic E-state index is -0.238. The van der Waals surface area contributed by atoms with E-state index in [-0.39, 0.29) is 24.6 Å². The summed E-state index contributed by atoms with van der Waals surface area (Å²) in [4.78, 5) is 10.8. The molecule has 0 aromatic carbocycles. The van der Waals surface area contributed by atoms with Crippen LogP contribution in [0, 0.1) is 5.92 Å². The topological polar surface area (TPSA) is 46.5 Å². The first-order chi connectivity index (χ1) is 4.77. The van der Waals surface area contributed by atoms with Crippen LogP contribution in [0.5, 0.6) is 0 Å². The second-order valence-electron chi connectivity index (χ2n) is 2.58. The molecule has 3 heteroatoms. The second-order valence-corrected chi connectivity index (χ2v) is 2.58. The Bertz CT molecular complexity index is 133. The van der Waals surface area contributed by atoms with Gasteiger partial charge in [0.15, 0.2) is 0 Å². The predicted molar refractivity (Wildman–Crippen MR) is 35.4 cm³/mol. The highest BCUT2D eigenvalue weighted by Gasteiger charge is 2.32. The van der Waals surface area contributed by atoms with E-state index in [0.717, 1.165) is 6.42 Å². The van der Waals surface area contributed by atoms with Gasteiger partial charge in [0.25, 0.3) is 0 Å². The number of aliphatic hydroxyl groups is 1. The first kappa shape index (κ1) is 7.54. The first-order valence-electron chi connectivity index (χ1n) is 3.59. The van der Waals surface area contributed by atoms with Crippen molar-refractivity contribution in [2.24, 2.45) is 5.92 Å². The van der Waals surface area contributed by atoms with Gasteiger partial charge in [0.1, 0.15) is 6.10 Å². The van der Waals surface area contributed by atoms with Crippen molar-refractivity contribution < 1.29 is 14.6 Å². The van der Waals surface area contributed by atoms with E-state index >= 15 is 0 Å². The van der Waals surface area contributed by atoms with E-state index in [1.165, 1.54) is 0 Å². The Hall–Kier alpha value is -0.570. The molecule has 10 heavy (non-hydrogen) atoms. The van der Waals surface area contributed by atoms with Crippen LogP contribution in [0.3, 0.4) is 0 Å². The lowest BCUT2D eigenvalue weighted by Crippen LogP contribution is -2.10. The molecule has 1 N–H and O–H groups in total. The van der Waals surface area contributed by atoms with E-state index in [2.05, 4.69) is 0 Å². The molecule has 1 aliphatic rings. The lowest BCUT2D eigenvalue weighted by molar-refractivity contribution is -0.145. The fraction of sp³-hybridized carbons (Fsp3) is 0.857. The van der Waals surface area contributed by atoms with Crippen LogP contribution >= 0.6 is 0 Å². The van der Waals surface area contributed by atoms with Gasteiger partial charge in [-0.05, 0) is 12.8 Å². The average molecular weight is 144 g/mol. The van der Waals surface area contributed by atoms with Crippen molar-refractivity contribution in [3.63, 3.8) is 0 Å². The van der Waals surface area contributed by atoms with E-state index < -0.39 is 0 Å². The smallest absolute Gasteiger partial charge is 0.309 e. The largest absolute Gasteiger partial charge is 0.460 e. The molecule has 0 radical (unpaired) electrons. The molecule has 58 valence electrons. The summed E-state index contributed by atoms with van der Waals surface area (Å²) >= 11 is 0. The SMILES string of the molecule is CC[C@H]1C[C@H](CO)OC1=O. The maximum Gasteiger partial charge on any atom is 0.309 e. The van der Waals surface area contributed by atoms with Crippen molar-refractivity contribution in [3.05, 3.63) is 0 Å². The summed E-state index contributed by atoms with van der Waals surface area (Å²) in [5, 5.41) is 8.62. The molecule has 0 spiro atoms. The summed E-state index contributed by atoms with van der Waals surface area (Å²) in [6.07, 6.45) is 1.26. The van der Waals surface area contributed by atoms with Crippen LogP contribution in [-0.4, -0.2) is 23.8 Å². The fourth-order valence-electron chi connectivity index (χ4n) is 1.17. The van der Waals surface area contributed by atoms with Crippen molar-refractivity contribution in [3.8, 4) is 0 Å². The van der Waals surface area contributed by atoms with Gasteiger partial charge in [-0.3, -0.25) is 4.79 Å². The number of carbonyl (C=O) groups excluding carboxylic acids is 1. The zero-order valence-corrected chi connectivity index (χ0v) is 6.04. The molecule has 0 bridgehead atoms. The fourth-order valence-corrected chi connectivity index (χ4v) is 1.17. The van der Waals surface area contributed by atoms with Gasteiger partial charge in [0.2, 0.25) is 0 Å². The van der Waals surface area contributed by atoms with Gasteiger partial charge in [0.05, 0.1) is 12.5 Å². The number of hydrogen-bond donors (Lipinski definition) is 1. The van der Waals surface area contributed by atoms with Crippen molar-refractivity contribution >= 4 is 5.97 Å². The van der Waals surface area contributed by atoms with E-state index in [1.807, 2.05) is 6.92 Å². The van der Waals surface area contributed by atoms with Gasteiger partial charge in [-0.25, -0.2) is 0 Å². The Balaban J connectivity index is 2.44. The van der Waals surface area contributed by atoms with Gasteiger partial charge in [-0.1, -0.05) is 6.92 Å². The maximum atomic E-state index is 10.8. The minimum Gasteiger partial charge on any atom is -0.460 e. The summed E-state index contributed by atoms with van der Waals surface area (Å²) in [7, 11) is 0. The van der Waals surface area contributed by atoms with Crippen molar-refractivity contribution in [1.82, 2.24) is 0 Å². The maximum absolute atomic E-state index is 10.8. The molecule has 3 nitrogen and oxygen atoms in total. The van der Waals surface area contributed by atoms with Crippen LogP contribution in [0.15, 0.2) is 0 Å². The Morgan fingerprint density at radius 1 is 1.80 bits per heavy atom. The summed E-state index contributed by atoms with van der Waals surface area (Å²) in [6.45, 7) is 1.91. The molecular formula is C7H12O3. The average Bonchev–Trinajstić information content (AvgIpc) is 2.30. The molecule has 1 rings (SSSR count). The Morgan fingerprint density at radius 2 is 2.50 bits per heavy atom. The third-order valence-corrected chi connectivity index (χ3v) is 1.86. The van der Waals surface area contributed by atoms with Crippen molar-refractivity contribution in [2.45, 2.75) is 25.9 Å². The zero-order chi connectivity index (χ0) is 7.56. The van der Waals surface area contributed by atoms with Crippen LogP contribution < -0.4 is 0 Å². The van der Waals surface area contributed by atoms with Gasteiger partial charge < -0.3 is 9.84 Å². The molecule has 0 saturated carbocycles. The zero-order valence-electron chi connectivity index (χ0n) is 6.04. The molecule has 0 aromatic rings. The van der Waals surface area contributed by atoms with Crippen LogP contribution in [-0.2, 0) is 9.53 Å². The molecular weight excluding hydrogens is 132 g/mol. The van der Waals surface area contributed by atoms with Crippen molar-refractivity contribution in [2.75, 3.05) is 6.61 Å². The highest BCUT2D eigenvalue weighted by molar-refractivity contribution is 5.74. The normalized spacial score (nSPS) is 32.4. The number of esters is 1. The number of rotatable bonds is 2. The van der Waals surface area contributed by atoms with Crippen LogP contribution in [0.4, 0.5) is 0 Å². The van der Waals surface area contributed by atoms with Gasteiger partial charge in [-0.15, -0.1) is 0 Å². The lowest BCUT2D eigenvalue weighted by atomic mass is 10.0. The first-order valence-corrected chi connectivity index (χ1v) is 3.59. The van der Waals surface area contributed by atoms with Gasteiger partial charge in [-0.2, -0.15) is 0 Å². The number of carbonyl (C=O) groups is 1. The molecule has 1 heterocycles. The number of ether oxygens (including phenoxy) is 1. The molecule has 1 fully saturated rings. The minimum absolute atomic E-state index is 0.0251. The predicted octanol–water partition coefficient (Wildman–Crippen LogP) is 0.320. The highest BCUT2D eigenvalue weighted by Crippen LogP contribution is 2.22.